The number of carbonyl (C=O) groups is 2. The molecule has 9 heteroatoms. The van der Waals surface area contributed by atoms with Crippen molar-refractivity contribution in [2.24, 2.45) is 5.92 Å². The average Bonchev–Trinajstić information content (AvgIpc) is 2.83. The highest BCUT2D eigenvalue weighted by atomic mass is 32.2. The van der Waals surface area contributed by atoms with Crippen LogP contribution < -0.4 is 9.62 Å². The molecule has 1 heterocycles. The van der Waals surface area contributed by atoms with E-state index in [1.807, 2.05) is 4.72 Å². The molecule has 0 aliphatic heterocycles. The van der Waals surface area contributed by atoms with E-state index in [1.165, 1.54) is 41.4 Å². The summed E-state index contributed by atoms with van der Waals surface area (Å²) in [6, 6.07) is 17.1. The Morgan fingerprint density at radius 3 is 2.31 bits per heavy atom. The minimum atomic E-state index is -4.19. The number of rotatable bonds is 9. The number of sulfonamides is 1. The van der Waals surface area contributed by atoms with E-state index in [0.29, 0.717) is 16.8 Å². The Labute approximate surface area is 204 Å². The number of hydrogen-bond acceptors (Lipinski definition) is 5. The first-order valence-electron chi connectivity index (χ1n) is 10.9. The van der Waals surface area contributed by atoms with Crippen LogP contribution >= 0.6 is 0 Å². The number of amides is 2. The second kappa shape index (κ2) is 11.5. The van der Waals surface area contributed by atoms with Crippen LogP contribution in [0.15, 0.2) is 84.5 Å². The summed E-state index contributed by atoms with van der Waals surface area (Å²) in [6.07, 6.45) is 4.28. The molecule has 0 aliphatic carbocycles. The largest absolute Gasteiger partial charge is 0.308 e. The van der Waals surface area contributed by atoms with Crippen LogP contribution in [-0.2, 0) is 26.0 Å². The van der Waals surface area contributed by atoms with Gasteiger partial charge in [-0.05, 0) is 61.7 Å². The number of hydrogen-bond donors (Lipinski definition) is 1. The molecule has 1 unspecified atom stereocenters. The highest BCUT2D eigenvalue weighted by molar-refractivity contribution is 7.93. The molecule has 0 spiro atoms. The Morgan fingerprint density at radius 1 is 1.03 bits per heavy atom. The van der Waals surface area contributed by atoms with Gasteiger partial charge in [0.05, 0.1) is 17.3 Å². The SMILES string of the molecule is CC(C)N(C(=O)C(Cc1ccc(F)cc1)C(=O)NS(=O)(=O)/C=C/c1ccccc1)c1cccnc1. The first-order valence-corrected chi connectivity index (χ1v) is 12.5. The van der Waals surface area contributed by atoms with Crippen molar-refractivity contribution in [2.75, 3.05) is 4.90 Å². The van der Waals surface area contributed by atoms with Gasteiger partial charge >= 0.3 is 0 Å². The van der Waals surface area contributed by atoms with E-state index in [-0.39, 0.29) is 12.5 Å². The molecule has 3 aromatic rings. The fourth-order valence-corrected chi connectivity index (χ4v) is 4.30. The van der Waals surface area contributed by atoms with Gasteiger partial charge in [-0.2, -0.15) is 0 Å². The lowest BCUT2D eigenvalue weighted by Crippen LogP contribution is -2.48. The molecule has 1 aromatic heterocycles. The topological polar surface area (TPSA) is 96.4 Å². The summed E-state index contributed by atoms with van der Waals surface area (Å²) in [4.78, 5) is 32.2. The highest BCUT2D eigenvalue weighted by Crippen LogP contribution is 2.22. The first-order chi connectivity index (χ1) is 16.7. The Balaban J connectivity index is 1.91. The molecule has 0 saturated carbocycles. The maximum atomic E-state index is 13.6. The number of benzene rings is 2. The van der Waals surface area contributed by atoms with Crippen LogP contribution in [0.4, 0.5) is 10.1 Å². The van der Waals surface area contributed by atoms with Crippen LogP contribution in [0.5, 0.6) is 0 Å². The fraction of sp³-hybridized carbons (Fsp3) is 0.192. The maximum absolute atomic E-state index is 13.6. The van der Waals surface area contributed by atoms with Crippen LogP contribution in [0.2, 0.25) is 0 Å². The van der Waals surface area contributed by atoms with Crippen molar-refractivity contribution in [3.05, 3.63) is 101 Å². The Kier molecular flexibility index (Phi) is 8.48. The Morgan fingerprint density at radius 2 is 1.71 bits per heavy atom. The van der Waals surface area contributed by atoms with Crippen molar-refractivity contribution >= 4 is 33.6 Å². The van der Waals surface area contributed by atoms with Crippen molar-refractivity contribution in [3.8, 4) is 0 Å². The van der Waals surface area contributed by atoms with Crippen molar-refractivity contribution in [1.29, 1.82) is 0 Å². The van der Waals surface area contributed by atoms with Gasteiger partial charge in [-0.15, -0.1) is 0 Å². The van der Waals surface area contributed by atoms with E-state index in [0.717, 1.165) is 5.41 Å². The van der Waals surface area contributed by atoms with E-state index >= 15 is 0 Å². The zero-order valence-corrected chi connectivity index (χ0v) is 20.2. The minimum absolute atomic E-state index is 0.119. The number of aromatic nitrogens is 1. The smallest absolute Gasteiger partial charge is 0.257 e. The molecule has 1 N–H and O–H groups in total. The molecule has 0 saturated heterocycles. The van der Waals surface area contributed by atoms with Crippen molar-refractivity contribution in [3.63, 3.8) is 0 Å². The molecular weight excluding hydrogens is 469 g/mol. The number of halogens is 1. The van der Waals surface area contributed by atoms with Crippen molar-refractivity contribution in [1.82, 2.24) is 9.71 Å². The van der Waals surface area contributed by atoms with Crippen LogP contribution in [0, 0.1) is 11.7 Å². The Bertz CT molecular complexity index is 1280. The third-order valence-corrected chi connectivity index (χ3v) is 6.11. The zero-order valence-electron chi connectivity index (χ0n) is 19.3. The van der Waals surface area contributed by atoms with Gasteiger partial charge in [0, 0.05) is 12.2 Å². The molecule has 1 atom stereocenters. The van der Waals surface area contributed by atoms with Crippen LogP contribution in [-0.4, -0.2) is 31.3 Å². The molecule has 2 aromatic carbocycles. The van der Waals surface area contributed by atoms with Crippen LogP contribution in [0.1, 0.15) is 25.0 Å². The number of nitrogens with zero attached hydrogens (tertiary/aromatic N) is 2. The number of pyridine rings is 1. The normalized spacial score (nSPS) is 12.5. The monoisotopic (exact) mass is 495 g/mol. The van der Waals surface area contributed by atoms with Gasteiger partial charge < -0.3 is 4.90 Å². The minimum Gasteiger partial charge on any atom is -0.308 e. The lowest BCUT2D eigenvalue weighted by molar-refractivity contribution is -0.132. The predicted molar refractivity (Wildman–Crippen MR) is 133 cm³/mol. The van der Waals surface area contributed by atoms with Gasteiger partial charge in [0.25, 0.3) is 10.0 Å². The molecule has 0 aliphatic rings. The third kappa shape index (κ3) is 7.31. The molecule has 7 nitrogen and oxygen atoms in total. The summed E-state index contributed by atoms with van der Waals surface area (Å²) in [5.41, 5.74) is 1.61. The zero-order chi connectivity index (χ0) is 25.4. The number of nitrogens with one attached hydrogen (secondary N) is 1. The summed E-state index contributed by atoms with van der Waals surface area (Å²) in [6.45, 7) is 3.55. The fourth-order valence-electron chi connectivity index (χ4n) is 3.47. The molecule has 2 amide bonds. The standard InChI is InChI=1S/C26H26FN3O4S/c1-19(2)30(23-9-6-15-28-18-23)26(32)24(17-21-10-12-22(27)13-11-21)25(31)29-35(33,34)16-14-20-7-4-3-5-8-20/h3-16,18-19,24H,17H2,1-2H3,(H,29,31)/b16-14+. The molecular formula is C26H26FN3O4S. The van der Waals surface area contributed by atoms with E-state index in [1.54, 1.807) is 62.5 Å². The van der Waals surface area contributed by atoms with E-state index in [4.69, 9.17) is 0 Å². The highest BCUT2D eigenvalue weighted by Gasteiger charge is 2.34. The molecule has 0 fully saturated rings. The predicted octanol–water partition coefficient (Wildman–Crippen LogP) is 3.94. The molecule has 182 valence electrons. The lowest BCUT2D eigenvalue weighted by atomic mass is 9.96. The van der Waals surface area contributed by atoms with Crippen molar-refractivity contribution in [2.45, 2.75) is 26.3 Å². The first kappa shape index (κ1) is 25.8. The molecule has 35 heavy (non-hydrogen) atoms. The third-order valence-electron chi connectivity index (χ3n) is 5.13. The van der Waals surface area contributed by atoms with Gasteiger partial charge in [0.2, 0.25) is 11.8 Å². The summed E-state index contributed by atoms with van der Waals surface area (Å²) >= 11 is 0. The van der Waals surface area contributed by atoms with Crippen LogP contribution in [0.25, 0.3) is 6.08 Å². The van der Waals surface area contributed by atoms with Gasteiger partial charge in [-0.25, -0.2) is 17.5 Å². The van der Waals surface area contributed by atoms with Gasteiger partial charge in [-0.1, -0.05) is 42.5 Å². The van der Waals surface area contributed by atoms with Crippen LogP contribution in [0.3, 0.4) is 0 Å². The summed E-state index contributed by atoms with van der Waals surface area (Å²) in [5, 5.41) is 0.876. The summed E-state index contributed by atoms with van der Waals surface area (Å²) in [7, 11) is -4.19. The van der Waals surface area contributed by atoms with E-state index in [9.17, 15) is 22.4 Å². The van der Waals surface area contributed by atoms with Gasteiger partial charge in [-0.3, -0.25) is 14.6 Å². The summed E-state index contributed by atoms with van der Waals surface area (Å²) < 4.78 is 40.6. The Hall–Kier alpha value is -3.85. The molecule has 0 bridgehead atoms. The van der Waals surface area contributed by atoms with Crippen molar-refractivity contribution < 1.29 is 22.4 Å². The van der Waals surface area contributed by atoms with E-state index in [2.05, 4.69) is 4.98 Å². The average molecular weight is 496 g/mol. The van der Waals surface area contributed by atoms with Gasteiger partial charge in [0.15, 0.2) is 0 Å². The quantitative estimate of drug-likeness (QED) is 0.454. The molecule has 3 rings (SSSR count). The lowest BCUT2D eigenvalue weighted by Gasteiger charge is -2.30. The second-order valence-electron chi connectivity index (χ2n) is 8.12. The number of carbonyl (C=O) groups excluding carboxylic acids is 2. The maximum Gasteiger partial charge on any atom is 0.257 e. The number of anilines is 1. The van der Waals surface area contributed by atoms with Gasteiger partial charge in [0.1, 0.15) is 11.7 Å². The second-order valence-corrected chi connectivity index (χ2v) is 9.69. The molecule has 0 radical (unpaired) electrons. The summed E-state index contributed by atoms with van der Waals surface area (Å²) in [5.74, 6) is -3.43. The van der Waals surface area contributed by atoms with E-state index < -0.39 is 33.6 Å².